The van der Waals surface area contributed by atoms with Crippen molar-refractivity contribution in [2.75, 3.05) is 0 Å². The summed E-state index contributed by atoms with van der Waals surface area (Å²) in [5.74, 6) is 0.115. The highest BCUT2D eigenvalue weighted by Gasteiger charge is 2.17. The monoisotopic (exact) mass is 484 g/mol. The molecule has 0 fully saturated rings. The van der Waals surface area contributed by atoms with Crippen LogP contribution in [0.15, 0.2) is 77.4 Å². The van der Waals surface area contributed by atoms with Crippen LogP contribution in [0, 0.1) is 11.7 Å². The molecule has 174 valence electrons. The number of amides is 2. The van der Waals surface area contributed by atoms with Gasteiger partial charge in [-0.15, -0.1) is 0 Å². The van der Waals surface area contributed by atoms with Crippen molar-refractivity contribution in [3.63, 3.8) is 0 Å². The van der Waals surface area contributed by atoms with Crippen LogP contribution in [-0.4, -0.2) is 31.6 Å². The van der Waals surface area contributed by atoms with E-state index in [0.717, 1.165) is 11.1 Å². The van der Waals surface area contributed by atoms with Crippen LogP contribution in [0.5, 0.6) is 0 Å². The number of aromatic nitrogens is 4. The van der Waals surface area contributed by atoms with E-state index in [4.69, 9.17) is 16.6 Å². The number of rotatable bonds is 5. The second-order valence-electron chi connectivity index (χ2n) is 7.86. The zero-order chi connectivity index (χ0) is 24.4. The number of furan rings is 1. The SMILES string of the molecule is Cc1cccc(-c2n[nH]c(=S)n2CC(=O)NNC(=O)c2cc(-c3ccco3)nc3ccccc23)c1. The Kier molecular flexibility index (Phi) is 5.94. The molecule has 0 aliphatic carbocycles. The van der Waals surface area contributed by atoms with Crippen LogP contribution in [0.3, 0.4) is 0 Å². The summed E-state index contributed by atoms with van der Waals surface area (Å²) in [5, 5.41) is 7.62. The first-order valence-corrected chi connectivity index (χ1v) is 11.2. The minimum absolute atomic E-state index is 0.131. The van der Waals surface area contributed by atoms with E-state index >= 15 is 0 Å². The van der Waals surface area contributed by atoms with Gasteiger partial charge < -0.3 is 4.42 Å². The lowest BCUT2D eigenvalue weighted by atomic mass is 10.1. The number of aryl methyl sites for hydroxylation is 1. The number of nitrogens with one attached hydrogen (secondary N) is 3. The Balaban J connectivity index is 1.35. The van der Waals surface area contributed by atoms with Gasteiger partial charge in [0.15, 0.2) is 16.4 Å². The Hall–Kier alpha value is -4.57. The first kappa shape index (κ1) is 22.2. The average molecular weight is 485 g/mol. The predicted molar refractivity (Wildman–Crippen MR) is 133 cm³/mol. The van der Waals surface area contributed by atoms with E-state index in [0.29, 0.717) is 38.5 Å². The highest BCUT2D eigenvalue weighted by atomic mass is 32.1. The van der Waals surface area contributed by atoms with Crippen molar-refractivity contribution in [3.05, 3.63) is 88.9 Å². The molecular weight excluding hydrogens is 464 g/mol. The summed E-state index contributed by atoms with van der Waals surface area (Å²) in [5.41, 5.74) is 8.32. The fourth-order valence-electron chi connectivity index (χ4n) is 3.76. The summed E-state index contributed by atoms with van der Waals surface area (Å²) in [6.07, 6.45) is 1.54. The Morgan fingerprint density at radius 1 is 1.06 bits per heavy atom. The molecule has 0 radical (unpaired) electrons. The molecule has 5 rings (SSSR count). The standard InChI is InChI=1S/C25H20N6O3S/c1-15-6-4-7-16(12-15)23-28-30-25(35)31(23)14-22(32)27-29-24(33)18-13-20(21-10-5-11-34-21)26-19-9-3-2-8-17(18)19/h2-13H,14H2,1H3,(H,27,32)(H,29,33)(H,30,35). The van der Waals surface area contributed by atoms with E-state index < -0.39 is 11.8 Å². The molecule has 5 aromatic rings. The molecular formula is C25H20N6O3S. The average Bonchev–Trinajstić information content (AvgIpc) is 3.52. The Bertz CT molecular complexity index is 1600. The minimum atomic E-state index is -0.487. The predicted octanol–water partition coefficient (Wildman–Crippen LogP) is 4.19. The second kappa shape index (κ2) is 9.35. The van der Waals surface area contributed by atoms with E-state index in [1.54, 1.807) is 28.8 Å². The molecule has 0 aliphatic rings. The van der Waals surface area contributed by atoms with Crippen LogP contribution in [0.25, 0.3) is 33.7 Å². The van der Waals surface area contributed by atoms with E-state index in [1.165, 1.54) is 6.26 Å². The van der Waals surface area contributed by atoms with Crippen LogP contribution in [0.2, 0.25) is 0 Å². The number of aromatic amines is 1. The van der Waals surface area contributed by atoms with Gasteiger partial charge in [-0.1, -0.05) is 42.0 Å². The molecule has 0 unspecified atom stereocenters. The number of carbonyl (C=O) groups is 2. The molecule has 3 N–H and O–H groups in total. The van der Waals surface area contributed by atoms with Crippen molar-refractivity contribution in [2.24, 2.45) is 0 Å². The Labute approximate surface area is 204 Å². The first-order valence-electron chi connectivity index (χ1n) is 10.7. The molecule has 0 bridgehead atoms. The number of benzene rings is 2. The fourth-order valence-corrected chi connectivity index (χ4v) is 3.96. The van der Waals surface area contributed by atoms with Gasteiger partial charge in [0.05, 0.1) is 17.3 Å². The van der Waals surface area contributed by atoms with Crippen LogP contribution >= 0.6 is 12.2 Å². The van der Waals surface area contributed by atoms with Crippen molar-refractivity contribution < 1.29 is 14.0 Å². The van der Waals surface area contributed by atoms with E-state index in [1.807, 2.05) is 49.4 Å². The van der Waals surface area contributed by atoms with Gasteiger partial charge in [-0.3, -0.25) is 30.1 Å². The first-order chi connectivity index (χ1) is 17.0. The largest absolute Gasteiger partial charge is 0.463 e. The molecule has 0 spiro atoms. The normalized spacial score (nSPS) is 10.9. The zero-order valence-electron chi connectivity index (χ0n) is 18.6. The lowest BCUT2D eigenvalue weighted by Crippen LogP contribution is -2.43. The van der Waals surface area contributed by atoms with E-state index in [9.17, 15) is 9.59 Å². The summed E-state index contributed by atoms with van der Waals surface area (Å²) in [4.78, 5) is 30.3. The zero-order valence-corrected chi connectivity index (χ0v) is 19.4. The second-order valence-corrected chi connectivity index (χ2v) is 8.25. The summed E-state index contributed by atoms with van der Waals surface area (Å²) >= 11 is 5.30. The smallest absolute Gasteiger partial charge is 0.270 e. The van der Waals surface area contributed by atoms with Crippen LogP contribution in [0.4, 0.5) is 0 Å². The molecule has 0 aliphatic heterocycles. The summed E-state index contributed by atoms with van der Waals surface area (Å²) in [7, 11) is 0. The maximum atomic E-state index is 13.1. The van der Waals surface area contributed by atoms with Crippen molar-refractivity contribution in [1.82, 2.24) is 30.6 Å². The molecule has 0 saturated carbocycles. The van der Waals surface area contributed by atoms with Crippen LogP contribution in [-0.2, 0) is 11.3 Å². The fraction of sp³-hybridized carbons (Fsp3) is 0.0800. The number of fused-ring (bicyclic) bond motifs is 1. The molecule has 2 amide bonds. The summed E-state index contributed by atoms with van der Waals surface area (Å²) in [6, 6.07) is 20.1. The maximum absolute atomic E-state index is 13.1. The molecule has 0 saturated heterocycles. The number of nitrogens with zero attached hydrogens (tertiary/aromatic N) is 3. The third-order valence-electron chi connectivity index (χ3n) is 5.39. The van der Waals surface area contributed by atoms with Gasteiger partial charge in [-0.05, 0) is 49.5 Å². The van der Waals surface area contributed by atoms with Gasteiger partial charge in [0.2, 0.25) is 0 Å². The molecule has 10 heteroatoms. The third kappa shape index (κ3) is 4.59. The topological polar surface area (TPSA) is 118 Å². The molecule has 3 heterocycles. The number of carbonyl (C=O) groups excluding carboxylic acids is 2. The van der Waals surface area contributed by atoms with Gasteiger partial charge in [-0.25, -0.2) is 4.98 Å². The molecule has 0 atom stereocenters. The Morgan fingerprint density at radius 3 is 2.71 bits per heavy atom. The lowest BCUT2D eigenvalue weighted by molar-refractivity contribution is -0.122. The summed E-state index contributed by atoms with van der Waals surface area (Å²) in [6.45, 7) is 1.84. The molecule has 3 aromatic heterocycles. The minimum Gasteiger partial charge on any atom is -0.463 e. The number of para-hydroxylation sites is 1. The Morgan fingerprint density at radius 2 is 1.91 bits per heavy atom. The number of hydrogen-bond acceptors (Lipinski definition) is 6. The molecule has 2 aromatic carbocycles. The molecule has 9 nitrogen and oxygen atoms in total. The quantitative estimate of drug-likeness (QED) is 0.254. The van der Waals surface area contributed by atoms with E-state index in [2.05, 4.69) is 26.0 Å². The van der Waals surface area contributed by atoms with Gasteiger partial charge in [0.1, 0.15) is 12.2 Å². The number of H-pyrrole nitrogens is 1. The van der Waals surface area contributed by atoms with Crippen LogP contribution < -0.4 is 10.9 Å². The number of pyridine rings is 1. The van der Waals surface area contributed by atoms with Crippen molar-refractivity contribution in [1.29, 1.82) is 0 Å². The van der Waals surface area contributed by atoms with Crippen molar-refractivity contribution in [2.45, 2.75) is 13.5 Å². The van der Waals surface area contributed by atoms with Crippen molar-refractivity contribution >= 4 is 34.9 Å². The third-order valence-corrected chi connectivity index (χ3v) is 5.70. The van der Waals surface area contributed by atoms with Gasteiger partial charge in [-0.2, -0.15) is 5.10 Å². The van der Waals surface area contributed by atoms with Gasteiger partial charge in [0.25, 0.3) is 11.8 Å². The number of hydrogen-bond donors (Lipinski definition) is 3. The highest BCUT2D eigenvalue weighted by molar-refractivity contribution is 7.71. The van der Waals surface area contributed by atoms with Gasteiger partial charge >= 0.3 is 0 Å². The highest BCUT2D eigenvalue weighted by Crippen LogP contribution is 2.25. The van der Waals surface area contributed by atoms with Crippen LogP contribution in [0.1, 0.15) is 15.9 Å². The lowest BCUT2D eigenvalue weighted by Gasteiger charge is -2.12. The van der Waals surface area contributed by atoms with Crippen molar-refractivity contribution in [3.8, 4) is 22.8 Å². The maximum Gasteiger partial charge on any atom is 0.270 e. The van der Waals surface area contributed by atoms with Gasteiger partial charge in [0, 0.05) is 10.9 Å². The summed E-state index contributed by atoms with van der Waals surface area (Å²) < 4.78 is 7.31. The number of hydrazine groups is 1. The van der Waals surface area contributed by atoms with E-state index in [-0.39, 0.29) is 6.54 Å². The molecule has 35 heavy (non-hydrogen) atoms.